The van der Waals surface area contributed by atoms with Gasteiger partial charge in [-0.1, -0.05) is 18.2 Å². The van der Waals surface area contributed by atoms with Crippen molar-refractivity contribution in [3.63, 3.8) is 0 Å². The molecule has 0 unspecified atom stereocenters. The van der Waals surface area contributed by atoms with E-state index in [1.165, 1.54) is 10.9 Å². The fraction of sp³-hybridized carbons (Fsp3) is 0.0625. The lowest BCUT2D eigenvalue weighted by atomic mass is 10.2. The monoisotopic (exact) mass is 355 g/mol. The third-order valence-electron chi connectivity index (χ3n) is 3.64. The van der Waals surface area contributed by atoms with Gasteiger partial charge in [0.25, 0.3) is 0 Å². The van der Waals surface area contributed by atoms with Crippen LogP contribution in [0.4, 0.5) is 5.82 Å². The molecule has 25 heavy (non-hydrogen) atoms. The Bertz CT molecular complexity index is 1170. The summed E-state index contributed by atoms with van der Waals surface area (Å²) in [5, 5.41) is 4.47. The highest BCUT2D eigenvalue weighted by atomic mass is 32.2. The van der Waals surface area contributed by atoms with Crippen LogP contribution in [0.2, 0.25) is 0 Å². The van der Waals surface area contributed by atoms with E-state index in [0.29, 0.717) is 17.0 Å². The van der Waals surface area contributed by atoms with E-state index >= 15 is 0 Å². The van der Waals surface area contributed by atoms with Crippen molar-refractivity contribution >= 4 is 26.7 Å². The van der Waals surface area contributed by atoms with E-state index in [1.807, 2.05) is 30.3 Å². The maximum absolute atomic E-state index is 11.9. The molecule has 4 aromatic rings. The second-order valence-electron chi connectivity index (χ2n) is 5.44. The van der Waals surface area contributed by atoms with E-state index in [4.69, 9.17) is 10.2 Å². The molecule has 1 aromatic carbocycles. The van der Waals surface area contributed by atoms with Gasteiger partial charge in [0, 0.05) is 6.26 Å². The number of nitrogens with zero attached hydrogens (tertiary/aromatic N) is 4. The molecule has 0 atom stereocenters. The highest BCUT2D eigenvalue weighted by Crippen LogP contribution is 2.32. The molecule has 3 aromatic heterocycles. The van der Waals surface area contributed by atoms with Crippen LogP contribution < -0.4 is 5.73 Å². The van der Waals surface area contributed by atoms with Crippen LogP contribution in [0.25, 0.3) is 28.2 Å². The maximum Gasteiger partial charge on any atom is 0.249 e. The number of sulfone groups is 1. The van der Waals surface area contributed by atoms with Gasteiger partial charge in [0.15, 0.2) is 11.4 Å². The first kappa shape index (κ1) is 15.3. The number of furan rings is 1. The minimum absolute atomic E-state index is 0.183. The van der Waals surface area contributed by atoms with Gasteiger partial charge in [-0.2, -0.15) is 4.98 Å². The molecule has 0 spiro atoms. The Hall–Kier alpha value is -3.20. The molecule has 0 amide bonds. The molecule has 0 radical (unpaired) electrons. The van der Waals surface area contributed by atoms with Crippen LogP contribution >= 0.6 is 0 Å². The quantitative estimate of drug-likeness (QED) is 0.559. The smallest absolute Gasteiger partial charge is 0.249 e. The lowest BCUT2D eigenvalue weighted by Crippen LogP contribution is -2.05. The van der Waals surface area contributed by atoms with Crippen LogP contribution in [0, 0.1) is 0 Å². The number of hydrogen-bond acceptors (Lipinski definition) is 7. The average molecular weight is 355 g/mol. The predicted molar refractivity (Wildman–Crippen MR) is 91.9 cm³/mol. The summed E-state index contributed by atoms with van der Waals surface area (Å²) in [6.07, 6.45) is 2.51. The zero-order chi connectivity index (χ0) is 17.6. The largest absolute Gasteiger partial charge is 0.463 e. The molecular weight excluding hydrogens is 342 g/mol. The minimum atomic E-state index is -3.63. The highest BCUT2D eigenvalue weighted by molar-refractivity contribution is 7.90. The molecule has 0 fully saturated rings. The Morgan fingerprint density at radius 3 is 2.48 bits per heavy atom. The van der Waals surface area contributed by atoms with Crippen molar-refractivity contribution in [2.24, 2.45) is 0 Å². The normalized spacial score (nSPS) is 11.9. The summed E-state index contributed by atoms with van der Waals surface area (Å²) in [5.74, 6) is 0.685. The summed E-state index contributed by atoms with van der Waals surface area (Å²) < 4.78 is 30.8. The number of aromatic nitrogens is 4. The Morgan fingerprint density at radius 2 is 1.84 bits per heavy atom. The summed E-state index contributed by atoms with van der Waals surface area (Å²) in [5.41, 5.74) is 7.46. The second kappa shape index (κ2) is 5.42. The zero-order valence-electron chi connectivity index (χ0n) is 13.1. The van der Waals surface area contributed by atoms with E-state index in [2.05, 4.69) is 15.1 Å². The minimum Gasteiger partial charge on any atom is -0.463 e. The standard InChI is InChI=1S/C16H13N5O3S/c1-25(22,23)16-18-13(11-8-5-9-24-11)12-14(17)21(20-15(12)19-16)10-6-3-2-4-7-10/h2-9H,17H2,1H3. The summed E-state index contributed by atoms with van der Waals surface area (Å²) in [4.78, 5) is 8.23. The van der Waals surface area contributed by atoms with Gasteiger partial charge >= 0.3 is 0 Å². The molecule has 3 heterocycles. The summed E-state index contributed by atoms with van der Waals surface area (Å²) in [6.45, 7) is 0. The first-order valence-corrected chi connectivity index (χ1v) is 9.20. The fourth-order valence-electron chi connectivity index (χ4n) is 2.52. The Kier molecular flexibility index (Phi) is 3.32. The van der Waals surface area contributed by atoms with Crippen molar-refractivity contribution < 1.29 is 12.8 Å². The van der Waals surface area contributed by atoms with Crippen LogP contribution in [0.5, 0.6) is 0 Å². The second-order valence-corrected chi connectivity index (χ2v) is 7.34. The van der Waals surface area contributed by atoms with Gasteiger partial charge in [0.1, 0.15) is 11.5 Å². The van der Waals surface area contributed by atoms with Crippen molar-refractivity contribution in [3.05, 3.63) is 48.7 Å². The van der Waals surface area contributed by atoms with E-state index in [9.17, 15) is 8.42 Å². The SMILES string of the molecule is CS(=O)(=O)c1nc(-c2ccco2)c2c(N)n(-c3ccccc3)nc2n1. The molecular formula is C16H13N5O3S. The van der Waals surface area contributed by atoms with E-state index < -0.39 is 9.84 Å². The number of fused-ring (bicyclic) bond motifs is 1. The Balaban J connectivity index is 2.09. The van der Waals surface area contributed by atoms with Crippen molar-refractivity contribution in [1.29, 1.82) is 0 Å². The summed E-state index contributed by atoms with van der Waals surface area (Å²) in [6, 6.07) is 12.6. The topological polar surface area (TPSA) is 117 Å². The first-order valence-electron chi connectivity index (χ1n) is 7.31. The number of anilines is 1. The van der Waals surface area contributed by atoms with Gasteiger partial charge in [-0.3, -0.25) is 0 Å². The van der Waals surface area contributed by atoms with Crippen LogP contribution in [-0.2, 0) is 9.84 Å². The van der Waals surface area contributed by atoms with Gasteiger partial charge in [0.2, 0.25) is 15.0 Å². The number of rotatable bonds is 3. The van der Waals surface area contributed by atoms with Gasteiger partial charge in [-0.15, -0.1) is 5.10 Å². The van der Waals surface area contributed by atoms with Crippen LogP contribution in [0.1, 0.15) is 0 Å². The molecule has 0 aliphatic rings. The van der Waals surface area contributed by atoms with Gasteiger partial charge in [0.05, 0.1) is 17.3 Å². The van der Waals surface area contributed by atoms with Crippen molar-refractivity contribution in [1.82, 2.24) is 19.7 Å². The summed E-state index contributed by atoms with van der Waals surface area (Å²) in [7, 11) is -3.63. The van der Waals surface area contributed by atoms with Gasteiger partial charge in [-0.05, 0) is 24.3 Å². The molecule has 0 saturated carbocycles. The Labute approximate surface area is 142 Å². The number of nitrogens with two attached hydrogens (primary N) is 1. The Morgan fingerprint density at radius 1 is 1.08 bits per heavy atom. The van der Waals surface area contributed by atoms with Gasteiger partial charge in [-0.25, -0.2) is 18.1 Å². The van der Waals surface area contributed by atoms with Gasteiger partial charge < -0.3 is 10.2 Å². The molecule has 0 saturated heterocycles. The molecule has 2 N–H and O–H groups in total. The number of hydrogen-bond donors (Lipinski definition) is 1. The lowest BCUT2D eigenvalue weighted by Gasteiger charge is -2.04. The van der Waals surface area contributed by atoms with E-state index in [1.54, 1.807) is 12.1 Å². The predicted octanol–water partition coefficient (Wildman–Crippen LogP) is 2.06. The first-order chi connectivity index (χ1) is 11.9. The molecule has 0 aliphatic heterocycles. The van der Waals surface area contributed by atoms with E-state index in [-0.39, 0.29) is 16.5 Å². The van der Waals surface area contributed by atoms with Crippen molar-refractivity contribution in [2.75, 3.05) is 12.0 Å². The lowest BCUT2D eigenvalue weighted by molar-refractivity contribution is 0.577. The number of nitrogen functional groups attached to an aromatic ring is 1. The fourth-order valence-corrected chi connectivity index (χ4v) is 3.02. The van der Waals surface area contributed by atoms with Crippen molar-refractivity contribution in [2.45, 2.75) is 5.16 Å². The molecule has 0 bridgehead atoms. The molecule has 4 rings (SSSR count). The third-order valence-corrected chi connectivity index (χ3v) is 4.48. The van der Waals surface area contributed by atoms with Crippen LogP contribution in [0.3, 0.4) is 0 Å². The molecule has 9 heteroatoms. The number of para-hydroxylation sites is 1. The average Bonchev–Trinajstić information content (AvgIpc) is 3.23. The number of benzene rings is 1. The molecule has 0 aliphatic carbocycles. The molecule has 8 nitrogen and oxygen atoms in total. The highest BCUT2D eigenvalue weighted by Gasteiger charge is 2.23. The summed E-state index contributed by atoms with van der Waals surface area (Å²) >= 11 is 0. The third kappa shape index (κ3) is 2.54. The van der Waals surface area contributed by atoms with E-state index in [0.717, 1.165) is 11.9 Å². The van der Waals surface area contributed by atoms with Crippen LogP contribution in [-0.4, -0.2) is 34.4 Å². The molecule has 126 valence electrons. The maximum atomic E-state index is 11.9. The van der Waals surface area contributed by atoms with Crippen LogP contribution in [0.15, 0.2) is 58.3 Å². The van der Waals surface area contributed by atoms with Crippen molar-refractivity contribution in [3.8, 4) is 17.1 Å². The zero-order valence-corrected chi connectivity index (χ0v) is 13.9.